The minimum absolute atomic E-state index is 0.690. The predicted molar refractivity (Wildman–Crippen MR) is 102 cm³/mol. The average Bonchev–Trinajstić information content (AvgIpc) is 3.15. The average molecular weight is 343 g/mol. The van der Waals surface area contributed by atoms with Crippen molar-refractivity contribution >= 4 is 0 Å². The largest absolute Gasteiger partial charge is 0.494 e. The second kappa shape index (κ2) is 7.83. The molecule has 0 saturated heterocycles. The SMILES string of the molecule is c1ccc(Cc2ccc(OCCCn3ccc4ncnc-4c3)cc2)cc1. The Morgan fingerprint density at radius 3 is 2.42 bits per heavy atom. The first kappa shape index (κ1) is 16.3. The zero-order chi connectivity index (χ0) is 17.6. The highest BCUT2D eigenvalue weighted by atomic mass is 16.5. The number of benzene rings is 2. The Balaban J connectivity index is 1.25. The lowest BCUT2D eigenvalue weighted by atomic mass is 10.1. The van der Waals surface area contributed by atoms with Gasteiger partial charge in [0.1, 0.15) is 17.8 Å². The number of nitrogens with zero attached hydrogens (tertiary/aromatic N) is 3. The van der Waals surface area contributed by atoms with Crippen LogP contribution in [0.25, 0.3) is 11.4 Å². The fourth-order valence-corrected chi connectivity index (χ4v) is 2.99. The summed E-state index contributed by atoms with van der Waals surface area (Å²) in [5.41, 5.74) is 4.49. The Bertz CT molecular complexity index is 916. The van der Waals surface area contributed by atoms with Crippen LogP contribution in [-0.2, 0) is 13.0 Å². The van der Waals surface area contributed by atoms with E-state index >= 15 is 0 Å². The minimum atomic E-state index is 0.690. The standard InChI is InChI=1S/C22H21N3O/c1-2-5-18(6-3-1)15-19-7-9-20(10-8-19)26-14-4-12-25-13-11-21-22(16-25)24-17-23-21/h1-3,5-11,13,16-17H,4,12,14-15H2. The summed E-state index contributed by atoms with van der Waals surface area (Å²) >= 11 is 0. The molecule has 0 N–H and O–H groups in total. The minimum Gasteiger partial charge on any atom is -0.494 e. The lowest BCUT2D eigenvalue weighted by Gasteiger charge is -2.10. The van der Waals surface area contributed by atoms with Gasteiger partial charge in [0.2, 0.25) is 0 Å². The molecule has 4 heteroatoms. The summed E-state index contributed by atoms with van der Waals surface area (Å²) in [6, 6.07) is 20.9. The first-order valence-corrected chi connectivity index (χ1v) is 8.89. The Morgan fingerprint density at radius 1 is 0.808 bits per heavy atom. The second-order valence-electron chi connectivity index (χ2n) is 6.34. The summed E-state index contributed by atoms with van der Waals surface area (Å²) in [5.74, 6) is 0.921. The van der Waals surface area contributed by atoms with Crippen LogP contribution in [0.1, 0.15) is 17.5 Å². The number of aryl methyl sites for hydroxylation is 1. The van der Waals surface area contributed by atoms with Gasteiger partial charge in [0, 0.05) is 18.9 Å². The molecule has 0 radical (unpaired) electrons. The maximum atomic E-state index is 5.86. The fourth-order valence-electron chi connectivity index (χ4n) is 2.99. The highest BCUT2D eigenvalue weighted by Gasteiger charge is 2.04. The van der Waals surface area contributed by atoms with Crippen LogP contribution in [-0.4, -0.2) is 21.1 Å². The number of fused-ring (bicyclic) bond motifs is 1. The van der Waals surface area contributed by atoms with Gasteiger partial charge in [-0.2, -0.15) is 0 Å². The molecule has 0 aromatic heterocycles. The molecule has 4 nitrogen and oxygen atoms in total. The molecule has 2 aliphatic rings. The number of rotatable bonds is 7. The van der Waals surface area contributed by atoms with Crippen molar-refractivity contribution < 1.29 is 4.74 Å². The molecule has 2 aromatic carbocycles. The highest BCUT2D eigenvalue weighted by Crippen LogP contribution is 2.17. The van der Waals surface area contributed by atoms with Crippen molar-refractivity contribution in [2.24, 2.45) is 0 Å². The first-order valence-electron chi connectivity index (χ1n) is 8.89. The van der Waals surface area contributed by atoms with Crippen LogP contribution in [0.15, 0.2) is 79.4 Å². The van der Waals surface area contributed by atoms with Crippen molar-refractivity contribution in [1.29, 1.82) is 0 Å². The van der Waals surface area contributed by atoms with Gasteiger partial charge in [0.05, 0.1) is 12.3 Å². The highest BCUT2D eigenvalue weighted by molar-refractivity contribution is 5.53. The fraction of sp³-hybridized carbons (Fsp3) is 0.182. The van der Waals surface area contributed by atoms with Crippen LogP contribution in [0.5, 0.6) is 5.75 Å². The Labute approximate surface area is 153 Å². The molecule has 0 fully saturated rings. The molecule has 0 atom stereocenters. The molecular weight excluding hydrogens is 322 g/mol. The molecule has 2 aromatic rings. The molecule has 130 valence electrons. The van der Waals surface area contributed by atoms with Crippen molar-refractivity contribution in [1.82, 2.24) is 14.5 Å². The normalized spacial score (nSPS) is 10.9. The van der Waals surface area contributed by atoms with Gasteiger partial charge in [-0.1, -0.05) is 42.5 Å². The monoisotopic (exact) mass is 343 g/mol. The van der Waals surface area contributed by atoms with Crippen LogP contribution in [0.3, 0.4) is 0 Å². The smallest absolute Gasteiger partial charge is 0.119 e. The number of ether oxygens (including phenoxy) is 1. The first-order chi connectivity index (χ1) is 12.9. The summed E-state index contributed by atoms with van der Waals surface area (Å²) in [7, 11) is 0. The van der Waals surface area contributed by atoms with E-state index in [1.54, 1.807) is 6.33 Å². The molecule has 2 heterocycles. The molecule has 0 aliphatic carbocycles. The van der Waals surface area contributed by atoms with E-state index in [2.05, 4.69) is 63.1 Å². The van der Waals surface area contributed by atoms with Crippen LogP contribution in [0.4, 0.5) is 0 Å². The number of pyridine rings is 1. The van der Waals surface area contributed by atoms with Gasteiger partial charge >= 0.3 is 0 Å². The van der Waals surface area contributed by atoms with E-state index in [-0.39, 0.29) is 0 Å². The molecule has 0 bridgehead atoms. The number of aromatic nitrogens is 3. The van der Waals surface area contributed by atoms with Crippen LogP contribution in [0.2, 0.25) is 0 Å². The third-order valence-electron chi connectivity index (χ3n) is 4.37. The maximum absolute atomic E-state index is 5.86. The summed E-state index contributed by atoms with van der Waals surface area (Å²) in [4.78, 5) is 8.41. The van der Waals surface area contributed by atoms with Crippen molar-refractivity contribution in [2.45, 2.75) is 19.4 Å². The van der Waals surface area contributed by atoms with Gasteiger partial charge in [0.15, 0.2) is 0 Å². The maximum Gasteiger partial charge on any atom is 0.119 e. The van der Waals surface area contributed by atoms with Crippen molar-refractivity contribution in [2.75, 3.05) is 6.61 Å². The van der Waals surface area contributed by atoms with Gasteiger partial charge in [-0.3, -0.25) is 0 Å². The number of imidazole rings is 1. The van der Waals surface area contributed by atoms with E-state index in [0.29, 0.717) is 6.61 Å². The topological polar surface area (TPSA) is 39.9 Å². The summed E-state index contributed by atoms with van der Waals surface area (Å²) in [6.07, 6.45) is 7.55. The van der Waals surface area contributed by atoms with Crippen LogP contribution < -0.4 is 4.74 Å². The van der Waals surface area contributed by atoms with E-state index in [9.17, 15) is 0 Å². The lowest BCUT2D eigenvalue weighted by Crippen LogP contribution is -2.05. The van der Waals surface area contributed by atoms with Crippen molar-refractivity contribution in [3.63, 3.8) is 0 Å². The van der Waals surface area contributed by atoms with E-state index in [1.807, 2.05) is 24.5 Å². The van der Waals surface area contributed by atoms with E-state index in [0.717, 1.165) is 36.5 Å². The Hall–Kier alpha value is -3.14. The van der Waals surface area contributed by atoms with Crippen LogP contribution >= 0.6 is 0 Å². The summed E-state index contributed by atoms with van der Waals surface area (Å²) in [5, 5.41) is 0. The van der Waals surface area contributed by atoms with Gasteiger partial charge in [-0.25, -0.2) is 9.97 Å². The van der Waals surface area contributed by atoms with Gasteiger partial charge in [0.25, 0.3) is 0 Å². The molecule has 0 spiro atoms. The van der Waals surface area contributed by atoms with E-state index < -0.39 is 0 Å². The molecule has 0 unspecified atom stereocenters. The Morgan fingerprint density at radius 2 is 1.58 bits per heavy atom. The Kier molecular flexibility index (Phi) is 4.92. The number of hydrogen-bond acceptors (Lipinski definition) is 3. The number of hydrogen-bond donors (Lipinski definition) is 0. The molecule has 26 heavy (non-hydrogen) atoms. The third-order valence-corrected chi connectivity index (χ3v) is 4.37. The third kappa shape index (κ3) is 4.09. The quantitative estimate of drug-likeness (QED) is 0.466. The van der Waals surface area contributed by atoms with Crippen molar-refractivity contribution in [3.8, 4) is 17.1 Å². The molecule has 2 aliphatic heterocycles. The molecule has 0 amide bonds. The van der Waals surface area contributed by atoms with Gasteiger partial charge < -0.3 is 9.30 Å². The zero-order valence-electron chi connectivity index (χ0n) is 14.6. The van der Waals surface area contributed by atoms with Crippen LogP contribution in [0, 0.1) is 0 Å². The zero-order valence-corrected chi connectivity index (χ0v) is 14.6. The summed E-state index contributed by atoms with van der Waals surface area (Å²) in [6.45, 7) is 1.59. The molecule has 4 rings (SSSR count). The van der Waals surface area contributed by atoms with E-state index in [1.165, 1.54) is 11.1 Å². The lowest BCUT2D eigenvalue weighted by molar-refractivity contribution is 0.301. The van der Waals surface area contributed by atoms with Crippen molar-refractivity contribution in [3.05, 3.63) is 90.5 Å². The summed E-state index contributed by atoms with van der Waals surface area (Å²) < 4.78 is 7.99. The molecule has 0 saturated carbocycles. The van der Waals surface area contributed by atoms with Gasteiger partial charge in [-0.15, -0.1) is 0 Å². The second-order valence-corrected chi connectivity index (χ2v) is 6.34. The van der Waals surface area contributed by atoms with Gasteiger partial charge in [-0.05, 0) is 42.2 Å². The van der Waals surface area contributed by atoms with E-state index in [4.69, 9.17) is 4.74 Å². The predicted octanol–water partition coefficient (Wildman–Crippen LogP) is 4.44. The molecular formula is C22H21N3O.